The van der Waals surface area contributed by atoms with Crippen molar-refractivity contribution in [2.75, 3.05) is 0 Å². The number of halogens is 2. The molecule has 1 aromatic carbocycles. The third kappa shape index (κ3) is 5.44. The van der Waals surface area contributed by atoms with E-state index in [0.29, 0.717) is 28.3 Å². The van der Waals surface area contributed by atoms with E-state index in [2.05, 4.69) is 31.1 Å². The highest BCUT2D eigenvalue weighted by atomic mass is 79.9. The molecule has 31 heavy (non-hydrogen) atoms. The van der Waals surface area contributed by atoms with Gasteiger partial charge in [0.1, 0.15) is 5.69 Å². The number of hydrogen-bond donors (Lipinski definition) is 2. The second kappa shape index (κ2) is 10.4. The molecule has 0 unspecified atom stereocenters. The quantitative estimate of drug-likeness (QED) is 0.273. The van der Waals surface area contributed by atoms with Gasteiger partial charge in [0.2, 0.25) is 0 Å². The number of benzene rings is 1. The fraction of sp³-hybridized carbons (Fsp3) is 0.435. The Labute approximate surface area is 199 Å². The summed E-state index contributed by atoms with van der Waals surface area (Å²) in [6.07, 6.45) is 7.99. The minimum absolute atomic E-state index is 0.0173. The van der Waals surface area contributed by atoms with E-state index >= 15 is 0 Å². The molecule has 1 fully saturated rings. The van der Waals surface area contributed by atoms with Crippen LogP contribution in [0.2, 0.25) is 5.02 Å². The van der Waals surface area contributed by atoms with Crippen LogP contribution >= 0.6 is 39.3 Å². The fourth-order valence-electron chi connectivity index (χ4n) is 4.22. The molecule has 0 spiro atoms. The molecule has 8 heteroatoms. The van der Waals surface area contributed by atoms with Gasteiger partial charge in [-0.3, -0.25) is 9.89 Å². The van der Waals surface area contributed by atoms with Crippen molar-refractivity contribution in [1.29, 1.82) is 0 Å². The summed E-state index contributed by atoms with van der Waals surface area (Å²) in [4.78, 5) is 20.5. The smallest absolute Gasteiger partial charge is 0.254 e. The van der Waals surface area contributed by atoms with Gasteiger partial charge in [-0.25, -0.2) is 4.98 Å². The summed E-state index contributed by atoms with van der Waals surface area (Å²) in [5, 5.41) is 8.68. The maximum absolute atomic E-state index is 12.7. The Morgan fingerprint density at radius 3 is 2.81 bits per heavy atom. The zero-order chi connectivity index (χ0) is 21.8. The highest BCUT2D eigenvalue weighted by Crippen LogP contribution is 2.33. The Kier molecular flexibility index (Phi) is 7.56. The van der Waals surface area contributed by atoms with Gasteiger partial charge in [0.25, 0.3) is 5.56 Å². The SMILES string of the molecule is CCc1c(CC2CCCCC2)nc(SCc2[nH]nc(-c3cccc(Br)c3)c2Cl)[nH]c1=O. The Hall–Kier alpha value is -1.57. The van der Waals surface area contributed by atoms with Gasteiger partial charge in [0.15, 0.2) is 5.16 Å². The van der Waals surface area contributed by atoms with Crippen molar-refractivity contribution < 1.29 is 0 Å². The maximum atomic E-state index is 12.7. The first-order valence-corrected chi connectivity index (χ1v) is 12.9. The molecule has 3 aromatic rings. The molecule has 2 heterocycles. The minimum atomic E-state index is -0.0173. The third-order valence-electron chi connectivity index (χ3n) is 5.87. The van der Waals surface area contributed by atoms with Crippen LogP contribution in [0.1, 0.15) is 56.0 Å². The van der Waals surface area contributed by atoms with Crippen LogP contribution in [0, 0.1) is 5.92 Å². The average Bonchev–Trinajstić information content (AvgIpc) is 3.13. The van der Waals surface area contributed by atoms with Gasteiger partial charge in [-0.15, -0.1) is 0 Å². The molecule has 2 aromatic heterocycles. The Balaban J connectivity index is 1.51. The van der Waals surface area contributed by atoms with E-state index < -0.39 is 0 Å². The number of rotatable bonds is 7. The molecule has 0 atom stereocenters. The van der Waals surface area contributed by atoms with Crippen molar-refractivity contribution in [2.24, 2.45) is 5.92 Å². The van der Waals surface area contributed by atoms with E-state index in [0.717, 1.165) is 39.1 Å². The summed E-state index contributed by atoms with van der Waals surface area (Å²) < 4.78 is 0.975. The van der Waals surface area contributed by atoms with E-state index in [1.165, 1.54) is 43.9 Å². The lowest BCUT2D eigenvalue weighted by molar-refractivity contribution is 0.352. The van der Waals surface area contributed by atoms with E-state index in [-0.39, 0.29) is 5.56 Å². The van der Waals surface area contributed by atoms with Gasteiger partial charge in [0.05, 0.1) is 16.4 Å². The summed E-state index contributed by atoms with van der Waals surface area (Å²) in [5.41, 5.74) is 4.26. The molecule has 5 nitrogen and oxygen atoms in total. The first kappa shape index (κ1) is 22.6. The molecule has 164 valence electrons. The van der Waals surface area contributed by atoms with E-state index in [4.69, 9.17) is 16.6 Å². The van der Waals surface area contributed by atoms with E-state index in [1.54, 1.807) is 0 Å². The largest absolute Gasteiger partial charge is 0.301 e. The summed E-state index contributed by atoms with van der Waals surface area (Å²) in [6, 6.07) is 7.88. The standard InChI is InChI=1S/C23H26BrClN4OS/c1-2-17-18(11-14-7-4-3-5-8-14)26-23(27-22(17)30)31-13-19-20(25)21(29-28-19)15-9-6-10-16(24)12-15/h6,9-10,12,14H,2-5,7-8,11,13H2,1H3,(H,28,29)(H,26,27,30). The van der Waals surface area contributed by atoms with Crippen LogP contribution in [0.5, 0.6) is 0 Å². The molecular weight excluding hydrogens is 496 g/mol. The predicted octanol–water partition coefficient (Wildman–Crippen LogP) is 6.55. The Morgan fingerprint density at radius 2 is 2.06 bits per heavy atom. The second-order valence-corrected chi connectivity index (χ2v) is 10.3. The van der Waals surface area contributed by atoms with Gasteiger partial charge in [-0.05, 0) is 30.9 Å². The van der Waals surface area contributed by atoms with E-state index in [9.17, 15) is 4.79 Å². The van der Waals surface area contributed by atoms with Gasteiger partial charge in [-0.1, -0.05) is 90.5 Å². The van der Waals surface area contributed by atoms with Crippen LogP contribution < -0.4 is 5.56 Å². The van der Waals surface area contributed by atoms with Crippen LogP contribution in [0.15, 0.2) is 38.7 Å². The molecule has 4 rings (SSSR count). The Morgan fingerprint density at radius 1 is 1.26 bits per heavy atom. The van der Waals surface area contributed by atoms with Crippen molar-refractivity contribution in [3.8, 4) is 11.3 Å². The topological polar surface area (TPSA) is 74.4 Å². The molecule has 0 amide bonds. The van der Waals surface area contributed by atoms with Crippen molar-refractivity contribution in [1.82, 2.24) is 20.2 Å². The normalized spacial score (nSPS) is 14.8. The van der Waals surface area contributed by atoms with Crippen LogP contribution in [0.3, 0.4) is 0 Å². The minimum Gasteiger partial charge on any atom is -0.301 e. The number of nitrogens with zero attached hydrogens (tertiary/aromatic N) is 2. The first-order valence-electron chi connectivity index (χ1n) is 10.8. The fourth-order valence-corrected chi connectivity index (χ4v) is 5.78. The predicted molar refractivity (Wildman–Crippen MR) is 131 cm³/mol. The highest BCUT2D eigenvalue weighted by Gasteiger charge is 2.19. The van der Waals surface area contributed by atoms with Crippen LogP contribution in [-0.4, -0.2) is 20.2 Å². The molecule has 1 saturated carbocycles. The number of aromatic nitrogens is 4. The lowest BCUT2D eigenvalue weighted by atomic mass is 9.85. The number of thioether (sulfide) groups is 1. The van der Waals surface area contributed by atoms with Gasteiger partial charge < -0.3 is 4.98 Å². The van der Waals surface area contributed by atoms with Crippen molar-refractivity contribution in [2.45, 2.75) is 62.8 Å². The molecule has 0 aliphatic heterocycles. The molecular formula is C23H26BrClN4OS. The molecule has 2 N–H and O–H groups in total. The molecule has 0 bridgehead atoms. The molecule has 0 radical (unpaired) electrons. The van der Waals surface area contributed by atoms with Gasteiger partial charge in [0, 0.05) is 21.4 Å². The summed E-state index contributed by atoms with van der Waals surface area (Å²) in [5.74, 6) is 1.19. The van der Waals surface area contributed by atoms with Crippen LogP contribution in [0.4, 0.5) is 0 Å². The monoisotopic (exact) mass is 520 g/mol. The zero-order valence-electron chi connectivity index (χ0n) is 17.5. The van der Waals surface area contributed by atoms with Gasteiger partial charge in [-0.2, -0.15) is 5.10 Å². The number of H-pyrrole nitrogens is 2. The van der Waals surface area contributed by atoms with Crippen molar-refractivity contribution >= 4 is 39.3 Å². The Bertz CT molecular complexity index is 1110. The van der Waals surface area contributed by atoms with E-state index in [1.807, 2.05) is 31.2 Å². The first-order chi connectivity index (χ1) is 15.0. The summed E-state index contributed by atoms with van der Waals surface area (Å²) in [6.45, 7) is 2.03. The highest BCUT2D eigenvalue weighted by molar-refractivity contribution is 9.10. The van der Waals surface area contributed by atoms with Crippen molar-refractivity contribution in [3.05, 3.63) is 61.1 Å². The summed E-state index contributed by atoms with van der Waals surface area (Å²) >= 11 is 11.6. The van der Waals surface area contributed by atoms with Crippen LogP contribution in [0.25, 0.3) is 11.3 Å². The maximum Gasteiger partial charge on any atom is 0.254 e. The zero-order valence-corrected chi connectivity index (χ0v) is 20.7. The number of nitrogens with one attached hydrogen (secondary N) is 2. The molecule has 0 saturated heterocycles. The van der Waals surface area contributed by atoms with Crippen molar-refractivity contribution in [3.63, 3.8) is 0 Å². The number of hydrogen-bond acceptors (Lipinski definition) is 4. The average molecular weight is 522 g/mol. The molecule has 1 aliphatic rings. The number of aromatic amines is 2. The lowest BCUT2D eigenvalue weighted by Crippen LogP contribution is -2.21. The summed E-state index contributed by atoms with van der Waals surface area (Å²) in [7, 11) is 0. The van der Waals surface area contributed by atoms with Gasteiger partial charge >= 0.3 is 0 Å². The second-order valence-electron chi connectivity index (χ2n) is 8.02. The third-order valence-corrected chi connectivity index (χ3v) is 7.67. The van der Waals surface area contributed by atoms with Crippen LogP contribution in [-0.2, 0) is 18.6 Å². The lowest BCUT2D eigenvalue weighted by Gasteiger charge is -2.22. The molecule has 1 aliphatic carbocycles.